The highest BCUT2D eigenvalue weighted by atomic mass is 19.4. The van der Waals surface area contributed by atoms with Gasteiger partial charge in [-0.3, -0.25) is 5.10 Å². The van der Waals surface area contributed by atoms with E-state index in [2.05, 4.69) is 20.2 Å². The van der Waals surface area contributed by atoms with Crippen molar-refractivity contribution < 1.29 is 17.9 Å². The van der Waals surface area contributed by atoms with Crippen LogP contribution in [-0.4, -0.2) is 51.1 Å². The Morgan fingerprint density at radius 1 is 1.12 bits per heavy atom. The number of aromatic amines is 1. The summed E-state index contributed by atoms with van der Waals surface area (Å²) in [5.41, 5.74) is 3.22. The molecule has 32 heavy (non-hydrogen) atoms. The van der Waals surface area contributed by atoms with Gasteiger partial charge in [0.15, 0.2) is 5.65 Å². The molecule has 0 aliphatic carbocycles. The van der Waals surface area contributed by atoms with Crippen LogP contribution in [0.2, 0.25) is 0 Å². The van der Waals surface area contributed by atoms with Crippen LogP contribution in [0.4, 0.5) is 19.0 Å². The van der Waals surface area contributed by atoms with E-state index < -0.39 is 11.7 Å². The van der Waals surface area contributed by atoms with Gasteiger partial charge in [0.1, 0.15) is 5.82 Å². The van der Waals surface area contributed by atoms with Gasteiger partial charge < -0.3 is 9.64 Å². The third-order valence-corrected chi connectivity index (χ3v) is 5.79. The van der Waals surface area contributed by atoms with Crippen molar-refractivity contribution >= 4 is 11.5 Å². The number of morpholine rings is 1. The summed E-state index contributed by atoms with van der Waals surface area (Å²) in [6.07, 6.45) is 1.06. The van der Waals surface area contributed by atoms with Crippen LogP contribution >= 0.6 is 0 Å². The molecule has 10 heteroatoms. The van der Waals surface area contributed by atoms with Crippen LogP contribution in [0.3, 0.4) is 0 Å². The lowest BCUT2D eigenvalue weighted by Gasteiger charge is -2.28. The fourth-order valence-corrected chi connectivity index (χ4v) is 4.06. The second-order valence-electron chi connectivity index (χ2n) is 7.76. The molecule has 0 unspecified atom stereocenters. The van der Waals surface area contributed by atoms with Crippen LogP contribution in [0.25, 0.3) is 16.9 Å². The number of alkyl halides is 3. The molecular formula is C22H21F3N6O. The number of benzene rings is 1. The number of anilines is 1. The van der Waals surface area contributed by atoms with Gasteiger partial charge in [-0.15, -0.1) is 0 Å². The van der Waals surface area contributed by atoms with E-state index >= 15 is 0 Å². The molecule has 0 saturated carbocycles. The van der Waals surface area contributed by atoms with E-state index in [1.165, 1.54) is 13.0 Å². The average molecular weight is 442 g/mol. The van der Waals surface area contributed by atoms with Crippen LogP contribution in [0, 0.1) is 6.92 Å². The minimum Gasteiger partial charge on any atom is -0.378 e. The van der Waals surface area contributed by atoms with Gasteiger partial charge in [0, 0.05) is 42.9 Å². The number of rotatable bonds is 4. The van der Waals surface area contributed by atoms with E-state index in [9.17, 15) is 13.2 Å². The Morgan fingerprint density at radius 2 is 1.94 bits per heavy atom. The van der Waals surface area contributed by atoms with Gasteiger partial charge in [0.05, 0.1) is 36.9 Å². The van der Waals surface area contributed by atoms with Gasteiger partial charge in [-0.25, -0.2) is 9.50 Å². The number of H-pyrrole nitrogens is 1. The summed E-state index contributed by atoms with van der Waals surface area (Å²) in [5, 5.41) is 11.4. The first-order chi connectivity index (χ1) is 15.4. The summed E-state index contributed by atoms with van der Waals surface area (Å²) in [4.78, 5) is 6.98. The fraction of sp³-hybridized carbons (Fsp3) is 0.318. The molecule has 1 aromatic carbocycles. The van der Waals surface area contributed by atoms with Gasteiger partial charge in [0.25, 0.3) is 0 Å². The molecule has 0 spiro atoms. The summed E-state index contributed by atoms with van der Waals surface area (Å²) in [6, 6.07) is 6.23. The van der Waals surface area contributed by atoms with Crippen molar-refractivity contribution in [3.8, 4) is 11.3 Å². The van der Waals surface area contributed by atoms with E-state index in [0.717, 1.165) is 28.7 Å². The molecule has 5 rings (SSSR count). The largest absolute Gasteiger partial charge is 0.416 e. The van der Waals surface area contributed by atoms with Crippen LogP contribution in [0.5, 0.6) is 0 Å². The van der Waals surface area contributed by atoms with E-state index in [1.807, 2.05) is 6.07 Å². The van der Waals surface area contributed by atoms with Gasteiger partial charge in [0.2, 0.25) is 0 Å². The molecule has 4 aromatic rings. The van der Waals surface area contributed by atoms with Gasteiger partial charge >= 0.3 is 6.18 Å². The highest BCUT2D eigenvalue weighted by Crippen LogP contribution is 2.34. The monoisotopic (exact) mass is 442 g/mol. The number of ether oxygens (including phenoxy) is 1. The molecule has 4 heterocycles. The Bertz CT molecular complexity index is 1240. The SMILES string of the molecule is Cc1c(Cc2cnn3c(-c4cn[nH]c4)cc(N4CCOCC4)nc23)cccc1C(F)(F)F. The van der Waals surface area contributed by atoms with E-state index in [0.29, 0.717) is 43.9 Å². The molecule has 1 N–H and O–H groups in total. The average Bonchev–Trinajstić information content (AvgIpc) is 3.45. The summed E-state index contributed by atoms with van der Waals surface area (Å²) < 4.78 is 47.3. The second kappa shape index (κ2) is 7.94. The number of nitrogens with one attached hydrogen (secondary N) is 1. The minimum atomic E-state index is -4.39. The maximum absolute atomic E-state index is 13.4. The Kier molecular flexibility index (Phi) is 5.09. The Morgan fingerprint density at radius 3 is 2.66 bits per heavy atom. The van der Waals surface area contributed by atoms with Crippen LogP contribution < -0.4 is 4.90 Å². The quantitative estimate of drug-likeness (QED) is 0.520. The Balaban J connectivity index is 1.61. The van der Waals surface area contributed by atoms with Crippen molar-refractivity contribution in [3.05, 3.63) is 65.1 Å². The first-order valence-corrected chi connectivity index (χ1v) is 10.3. The molecule has 3 aromatic heterocycles. The van der Waals surface area contributed by atoms with Crippen LogP contribution in [0.15, 0.2) is 42.9 Å². The topological polar surface area (TPSA) is 71.3 Å². The minimum absolute atomic E-state index is 0.221. The molecule has 166 valence electrons. The molecule has 0 amide bonds. The van der Waals surface area contributed by atoms with Gasteiger partial charge in [-0.05, 0) is 24.1 Å². The molecule has 7 nitrogen and oxygen atoms in total. The van der Waals surface area contributed by atoms with Crippen LogP contribution in [-0.2, 0) is 17.3 Å². The number of hydrogen-bond acceptors (Lipinski definition) is 5. The zero-order chi connectivity index (χ0) is 22.3. The third-order valence-electron chi connectivity index (χ3n) is 5.79. The molecule has 0 atom stereocenters. The van der Waals surface area contributed by atoms with Crippen molar-refractivity contribution in [1.29, 1.82) is 0 Å². The number of halogens is 3. The van der Waals surface area contributed by atoms with E-state index in [1.54, 1.807) is 29.2 Å². The first-order valence-electron chi connectivity index (χ1n) is 10.3. The second-order valence-corrected chi connectivity index (χ2v) is 7.76. The molecule has 1 saturated heterocycles. The Hall–Kier alpha value is -3.40. The highest BCUT2D eigenvalue weighted by molar-refractivity contribution is 5.68. The predicted molar refractivity (Wildman–Crippen MR) is 113 cm³/mol. The van der Waals surface area contributed by atoms with E-state index in [-0.39, 0.29) is 5.56 Å². The number of fused-ring (bicyclic) bond motifs is 1. The van der Waals surface area contributed by atoms with Crippen molar-refractivity contribution in [2.75, 3.05) is 31.2 Å². The number of aromatic nitrogens is 5. The number of hydrogen-bond donors (Lipinski definition) is 1. The highest BCUT2D eigenvalue weighted by Gasteiger charge is 2.33. The molecular weight excluding hydrogens is 421 g/mol. The number of nitrogens with zero attached hydrogens (tertiary/aromatic N) is 5. The van der Waals surface area contributed by atoms with Gasteiger partial charge in [-0.1, -0.05) is 12.1 Å². The van der Waals surface area contributed by atoms with Crippen LogP contribution in [0.1, 0.15) is 22.3 Å². The zero-order valence-corrected chi connectivity index (χ0v) is 17.4. The van der Waals surface area contributed by atoms with Gasteiger partial charge in [-0.2, -0.15) is 23.4 Å². The maximum Gasteiger partial charge on any atom is 0.416 e. The maximum atomic E-state index is 13.4. The fourth-order valence-electron chi connectivity index (χ4n) is 4.06. The summed E-state index contributed by atoms with van der Waals surface area (Å²) >= 11 is 0. The zero-order valence-electron chi connectivity index (χ0n) is 17.4. The van der Waals surface area contributed by atoms with Crippen molar-refractivity contribution in [2.24, 2.45) is 0 Å². The van der Waals surface area contributed by atoms with Crippen molar-refractivity contribution in [2.45, 2.75) is 19.5 Å². The third kappa shape index (κ3) is 3.70. The predicted octanol–water partition coefficient (Wildman–Crippen LogP) is 3.87. The van der Waals surface area contributed by atoms with Crippen molar-refractivity contribution in [3.63, 3.8) is 0 Å². The summed E-state index contributed by atoms with van der Waals surface area (Å²) in [7, 11) is 0. The van der Waals surface area contributed by atoms with E-state index in [4.69, 9.17) is 9.72 Å². The standard InChI is InChI=1S/C22H21F3N6O/c1-14-15(3-2-4-18(14)22(23,24)25)9-16-13-28-31-19(17-11-26-27-12-17)10-20(29-21(16)31)30-5-7-32-8-6-30/h2-4,10-13H,5-9H2,1H3,(H,26,27). The lowest BCUT2D eigenvalue weighted by Crippen LogP contribution is -2.36. The molecule has 0 radical (unpaired) electrons. The Labute approximate surface area is 181 Å². The van der Waals surface area contributed by atoms with Crippen molar-refractivity contribution in [1.82, 2.24) is 24.8 Å². The summed E-state index contributed by atoms with van der Waals surface area (Å²) in [5.74, 6) is 0.777. The molecule has 1 fully saturated rings. The molecule has 1 aliphatic rings. The summed E-state index contributed by atoms with van der Waals surface area (Å²) in [6.45, 7) is 4.16. The normalized spacial score (nSPS) is 14.9. The first kappa shape index (κ1) is 20.5. The molecule has 0 bridgehead atoms. The lowest BCUT2D eigenvalue weighted by atomic mass is 9.97. The molecule has 1 aliphatic heterocycles. The smallest absolute Gasteiger partial charge is 0.378 e. The lowest BCUT2D eigenvalue weighted by molar-refractivity contribution is -0.138.